The molecule has 0 bridgehead atoms. The fourth-order valence-electron chi connectivity index (χ4n) is 3.24. The third kappa shape index (κ3) is 5.38. The van der Waals surface area contributed by atoms with Gasteiger partial charge in [-0.1, -0.05) is 41.9 Å². The van der Waals surface area contributed by atoms with Gasteiger partial charge in [-0.2, -0.15) is 0 Å². The van der Waals surface area contributed by atoms with Gasteiger partial charge in [0.2, 0.25) is 0 Å². The molecule has 0 aliphatic heterocycles. The van der Waals surface area contributed by atoms with Gasteiger partial charge < -0.3 is 14.5 Å². The second-order valence-electron chi connectivity index (χ2n) is 7.42. The number of ether oxygens (including phenoxy) is 1. The van der Waals surface area contributed by atoms with Gasteiger partial charge in [0, 0.05) is 17.0 Å². The van der Waals surface area contributed by atoms with Crippen LogP contribution < -0.4 is 20.9 Å². The first-order valence-electron chi connectivity index (χ1n) is 9.91. The molecule has 1 fully saturated rings. The van der Waals surface area contributed by atoms with E-state index in [9.17, 15) is 9.59 Å². The first kappa shape index (κ1) is 20.8. The SMILES string of the molecule is O=C(NCC1(c2ccc(Cl)cc2)CC1)NNC(=O)c1ccc(COc2ccccc2)o1. The highest BCUT2D eigenvalue weighted by atomic mass is 35.5. The molecule has 1 aromatic heterocycles. The number of halogens is 1. The van der Waals surface area contributed by atoms with Crippen molar-refractivity contribution in [2.45, 2.75) is 24.9 Å². The minimum atomic E-state index is -0.556. The molecule has 3 N–H and O–H groups in total. The number of benzene rings is 2. The highest BCUT2D eigenvalue weighted by Gasteiger charge is 2.44. The molecule has 4 rings (SSSR count). The number of carbonyl (C=O) groups is 2. The van der Waals surface area contributed by atoms with Crippen LogP contribution in [-0.4, -0.2) is 18.5 Å². The van der Waals surface area contributed by atoms with Crippen molar-refractivity contribution in [3.63, 3.8) is 0 Å². The molecular formula is C23H22ClN3O4. The smallest absolute Gasteiger partial charge is 0.333 e. The number of hydrazine groups is 1. The lowest BCUT2D eigenvalue weighted by Gasteiger charge is -2.17. The Morgan fingerprint density at radius 1 is 0.968 bits per heavy atom. The van der Waals surface area contributed by atoms with E-state index in [1.54, 1.807) is 6.07 Å². The maximum atomic E-state index is 12.2. The molecule has 0 saturated heterocycles. The van der Waals surface area contributed by atoms with Crippen LogP contribution in [0.4, 0.5) is 4.79 Å². The molecule has 8 heteroatoms. The fraction of sp³-hybridized carbons (Fsp3) is 0.217. The summed E-state index contributed by atoms with van der Waals surface area (Å²) < 4.78 is 11.1. The Bertz CT molecular complexity index is 1050. The average Bonchev–Trinajstić information content (AvgIpc) is 3.44. The van der Waals surface area contributed by atoms with E-state index in [2.05, 4.69) is 16.2 Å². The summed E-state index contributed by atoms with van der Waals surface area (Å²) in [5.74, 6) is 0.721. The number of rotatable bonds is 7. The predicted octanol–water partition coefficient (Wildman–Crippen LogP) is 4.19. The van der Waals surface area contributed by atoms with Crippen LogP contribution in [-0.2, 0) is 12.0 Å². The predicted molar refractivity (Wildman–Crippen MR) is 116 cm³/mol. The van der Waals surface area contributed by atoms with E-state index in [1.165, 1.54) is 6.07 Å². The largest absolute Gasteiger partial charge is 0.486 e. The van der Waals surface area contributed by atoms with Gasteiger partial charge in [-0.15, -0.1) is 0 Å². The molecular weight excluding hydrogens is 418 g/mol. The number of amides is 3. The van der Waals surface area contributed by atoms with Crippen molar-refractivity contribution in [1.29, 1.82) is 0 Å². The van der Waals surface area contributed by atoms with Crippen molar-refractivity contribution < 1.29 is 18.7 Å². The van der Waals surface area contributed by atoms with E-state index in [0.29, 0.717) is 23.1 Å². The summed E-state index contributed by atoms with van der Waals surface area (Å²) >= 11 is 5.94. The Morgan fingerprint density at radius 3 is 2.42 bits per heavy atom. The van der Waals surface area contributed by atoms with Crippen molar-refractivity contribution in [1.82, 2.24) is 16.2 Å². The Labute approximate surface area is 184 Å². The lowest BCUT2D eigenvalue weighted by Crippen LogP contribution is -2.48. The van der Waals surface area contributed by atoms with Gasteiger partial charge in [0.05, 0.1) is 0 Å². The summed E-state index contributed by atoms with van der Waals surface area (Å²) in [7, 11) is 0. The monoisotopic (exact) mass is 439 g/mol. The second-order valence-corrected chi connectivity index (χ2v) is 7.85. The van der Waals surface area contributed by atoms with E-state index in [1.807, 2.05) is 54.6 Å². The van der Waals surface area contributed by atoms with E-state index in [4.69, 9.17) is 20.8 Å². The zero-order valence-electron chi connectivity index (χ0n) is 16.7. The Balaban J connectivity index is 1.21. The van der Waals surface area contributed by atoms with Crippen molar-refractivity contribution >= 4 is 23.5 Å². The van der Waals surface area contributed by atoms with Crippen LogP contribution in [0, 0.1) is 0 Å². The Kier molecular flexibility index (Phi) is 6.13. The van der Waals surface area contributed by atoms with Crippen LogP contribution in [0.25, 0.3) is 0 Å². The molecule has 1 aliphatic rings. The van der Waals surface area contributed by atoms with Crippen LogP contribution in [0.3, 0.4) is 0 Å². The lowest BCUT2D eigenvalue weighted by atomic mass is 9.96. The molecule has 1 aliphatic carbocycles. The van der Waals surface area contributed by atoms with Crippen LogP contribution in [0.5, 0.6) is 5.75 Å². The molecule has 3 amide bonds. The zero-order chi connectivity index (χ0) is 21.7. The highest BCUT2D eigenvalue weighted by molar-refractivity contribution is 6.30. The van der Waals surface area contributed by atoms with Gasteiger partial charge in [-0.05, 0) is 54.8 Å². The molecule has 31 heavy (non-hydrogen) atoms. The summed E-state index contributed by atoms with van der Waals surface area (Å²) in [6.07, 6.45) is 1.98. The molecule has 1 heterocycles. The van der Waals surface area contributed by atoms with Gasteiger partial charge in [-0.25, -0.2) is 10.2 Å². The van der Waals surface area contributed by atoms with Gasteiger partial charge in [-0.3, -0.25) is 10.2 Å². The van der Waals surface area contributed by atoms with Crippen LogP contribution in [0.1, 0.15) is 34.7 Å². The first-order chi connectivity index (χ1) is 15.0. The van der Waals surface area contributed by atoms with Gasteiger partial charge >= 0.3 is 11.9 Å². The van der Waals surface area contributed by atoms with E-state index >= 15 is 0 Å². The highest BCUT2D eigenvalue weighted by Crippen LogP contribution is 2.47. The van der Waals surface area contributed by atoms with Crippen molar-refractivity contribution in [3.8, 4) is 5.75 Å². The summed E-state index contributed by atoms with van der Waals surface area (Å²) in [5, 5.41) is 3.48. The number of carbonyl (C=O) groups excluding carboxylic acids is 2. The van der Waals surface area contributed by atoms with Crippen LogP contribution >= 0.6 is 11.6 Å². The lowest BCUT2D eigenvalue weighted by molar-refractivity contribution is 0.0904. The molecule has 7 nitrogen and oxygen atoms in total. The maximum absolute atomic E-state index is 12.2. The van der Waals surface area contributed by atoms with Gasteiger partial charge in [0.25, 0.3) is 0 Å². The summed E-state index contributed by atoms with van der Waals surface area (Å²) in [4.78, 5) is 24.3. The van der Waals surface area contributed by atoms with Crippen LogP contribution in [0.2, 0.25) is 5.02 Å². The van der Waals surface area contributed by atoms with Crippen molar-refractivity contribution in [2.75, 3.05) is 6.54 Å². The van der Waals surface area contributed by atoms with Crippen LogP contribution in [0.15, 0.2) is 71.1 Å². The third-order valence-electron chi connectivity index (χ3n) is 5.20. The quantitative estimate of drug-likeness (QED) is 0.481. The van der Waals surface area contributed by atoms with Crippen molar-refractivity contribution in [3.05, 3.63) is 88.8 Å². The number of furan rings is 1. The molecule has 0 atom stereocenters. The summed E-state index contributed by atoms with van der Waals surface area (Å²) in [6.45, 7) is 0.663. The molecule has 0 unspecified atom stereocenters. The molecule has 1 saturated carbocycles. The molecule has 0 spiro atoms. The van der Waals surface area contributed by atoms with Gasteiger partial charge in [0.15, 0.2) is 5.76 Å². The standard InChI is InChI=1S/C23H22ClN3O4/c24-17-8-6-16(7-9-17)23(12-13-23)15-25-22(29)27-26-21(28)20-11-10-19(31-20)14-30-18-4-2-1-3-5-18/h1-11H,12-15H2,(H,26,28)(H2,25,27,29). The third-order valence-corrected chi connectivity index (χ3v) is 5.45. The first-order valence-corrected chi connectivity index (χ1v) is 10.3. The molecule has 2 aromatic carbocycles. The number of hydrogen-bond acceptors (Lipinski definition) is 4. The summed E-state index contributed by atoms with van der Waals surface area (Å²) in [6, 6.07) is 19.6. The number of para-hydroxylation sites is 1. The fourth-order valence-corrected chi connectivity index (χ4v) is 3.37. The van der Waals surface area contributed by atoms with E-state index < -0.39 is 11.9 Å². The molecule has 160 valence electrons. The zero-order valence-corrected chi connectivity index (χ0v) is 17.4. The van der Waals surface area contributed by atoms with E-state index in [-0.39, 0.29) is 17.8 Å². The minimum Gasteiger partial charge on any atom is -0.486 e. The number of urea groups is 1. The maximum Gasteiger partial charge on any atom is 0.333 e. The number of hydrogen-bond donors (Lipinski definition) is 3. The van der Waals surface area contributed by atoms with Crippen molar-refractivity contribution in [2.24, 2.45) is 0 Å². The van der Waals surface area contributed by atoms with E-state index in [0.717, 1.165) is 18.4 Å². The minimum absolute atomic E-state index is 0.0688. The summed E-state index contributed by atoms with van der Waals surface area (Å²) in [5.41, 5.74) is 5.76. The molecule has 0 radical (unpaired) electrons. The normalized spacial score (nSPS) is 13.8. The number of nitrogens with one attached hydrogen (secondary N) is 3. The molecule has 3 aromatic rings. The second kappa shape index (κ2) is 9.14. The Morgan fingerprint density at radius 2 is 1.71 bits per heavy atom. The average molecular weight is 440 g/mol. The Hall–Kier alpha value is -3.45. The topological polar surface area (TPSA) is 92.6 Å². The van der Waals surface area contributed by atoms with Gasteiger partial charge in [0.1, 0.15) is 18.1 Å².